The Morgan fingerprint density at radius 2 is 1.79 bits per heavy atom. The molecule has 2 heterocycles. The van der Waals surface area contributed by atoms with E-state index in [1.807, 2.05) is 79.0 Å². The molecule has 0 unspecified atom stereocenters. The molecule has 4 rings (SSSR count). The summed E-state index contributed by atoms with van der Waals surface area (Å²) in [6, 6.07) is 22.6. The quantitative estimate of drug-likeness (QED) is 0.557. The lowest BCUT2D eigenvalue weighted by Crippen LogP contribution is -2.12. The van der Waals surface area contributed by atoms with Gasteiger partial charge in [-0.15, -0.1) is 0 Å². The molecule has 0 saturated heterocycles. The van der Waals surface area contributed by atoms with Gasteiger partial charge in [0.1, 0.15) is 0 Å². The molecule has 0 fully saturated rings. The molecule has 2 aromatic carbocycles. The highest BCUT2D eigenvalue weighted by molar-refractivity contribution is 6.04. The summed E-state index contributed by atoms with van der Waals surface area (Å²) >= 11 is 0. The van der Waals surface area contributed by atoms with Gasteiger partial charge in [0, 0.05) is 29.8 Å². The smallest absolute Gasteiger partial charge is 0.255 e. The van der Waals surface area contributed by atoms with Gasteiger partial charge in [-0.1, -0.05) is 24.3 Å². The zero-order chi connectivity index (χ0) is 19.2. The van der Waals surface area contributed by atoms with Crippen molar-refractivity contribution >= 4 is 23.7 Å². The van der Waals surface area contributed by atoms with Crippen molar-refractivity contribution in [2.24, 2.45) is 0 Å². The maximum absolute atomic E-state index is 12.5. The second-order valence-electron chi connectivity index (χ2n) is 6.17. The molecule has 1 amide bonds. The predicted molar refractivity (Wildman–Crippen MR) is 111 cm³/mol. The Balaban J connectivity index is 1.45. The average molecular weight is 366 g/mol. The number of nitrogens with one attached hydrogen (secondary N) is 1. The van der Waals surface area contributed by atoms with Crippen LogP contribution in [0.25, 0.3) is 17.8 Å². The summed E-state index contributed by atoms with van der Waals surface area (Å²) in [7, 11) is 0. The first-order valence-electron chi connectivity index (χ1n) is 8.88. The van der Waals surface area contributed by atoms with Crippen LogP contribution >= 0.6 is 0 Å². The number of nitrogens with zero attached hydrogens (tertiary/aromatic N) is 3. The van der Waals surface area contributed by atoms with E-state index in [0.29, 0.717) is 5.56 Å². The first-order chi connectivity index (χ1) is 13.8. The molecular formula is C23H18N4O. The zero-order valence-corrected chi connectivity index (χ0v) is 15.1. The van der Waals surface area contributed by atoms with E-state index < -0.39 is 0 Å². The predicted octanol–water partition coefficient (Wildman–Crippen LogP) is 4.69. The Labute approximate surface area is 163 Å². The minimum Gasteiger partial charge on any atom is -0.322 e. The van der Waals surface area contributed by atoms with Crippen molar-refractivity contribution in [1.82, 2.24) is 14.8 Å². The van der Waals surface area contributed by atoms with Gasteiger partial charge in [0.25, 0.3) is 5.91 Å². The molecular weight excluding hydrogens is 348 g/mol. The van der Waals surface area contributed by atoms with Gasteiger partial charge in [-0.25, -0.2) is 4.68 Å². The summed E-state index contributed by atoms with van der Waals surface area (Å²) < 4.78 is 1.75. The molecule has 28 heavy (non-hydrogen) atoms. The number of carbonyl (C=O) groups is 1. The Morgan fingerprint density at radius 3 is 2.54 bits per heavy atom. The van der Waals surface area contributed by atoms with E-state index in [1.54, 1.807) is 29.2 Å². The Hall–Kier alpha value is -3.99. The molecule has 136 valence electrons. The fourth-order valence-electron chi connectivity index (χ4n) is 2.77. The monoisotopic (exact) mass is 366 g/mol. The van der Waals surface area contributed by atoms with Gasteiger partial charge in [0.2, 0.25) is 0 Å². The van der Waals surface area contributed by atoms with Crippen molar-refractivity contribution < 1.29 is 4.79 Å². The number of anilines is 1. The molecule has 0 radical (unpaired) electrons. The highest BCUT2D eigenvalue weighted by atomic mass is 16.1. The highest BCUT2D eigenvalue weighted by Gasteiger charge is 2.07. The molecule has 1 N–H and O–H groups in total. The average Bonchev–Trinajstić information content (AvgIpc) is 3.28. The number of benzene rings is 2. The van der Waals surface area contributed by atoms with Crippen LogP contribution in [0.15, 0.2) is 91.4 Å². The van der Waals surface area contributed by atoms with Crippen LogP contribution in [0, 0.1) is 0 Å². The van der Waals surface area contributed by atoms with Crippen LogP contribution in [0.1, 0.15) is 21.6 Å². The van der Waals surface area contributed by atoms with Gasteiger partial charge in [0.05, 0.1) is 11.4 Å². The first kappa shape index (κ1) is 17.4. The summed E-state index contributed by atoms with van der Waals surface area (Å²) in [6.45, 7) is 0. The van der Waals surface area contributed by atoms with E-state index >= 15 is 0 Å². The van der Waals surface area contributed by atoms with Crippen molar-refractivity contribution in [2.45, 2.75) is 0 Å². The fourth-order valence-corrected chi connectivity index (χ4v) is 2.77. The minimum atomic E-state index is -0.155. The number of aromatic nitrogens is 3. The number of rotatable bonds is 5. The maximum Gasteiger partial charge on any atom is 0.255 e. The fraction of sp³-hybridized carbons (Fsp3) is 0. The summed E-state index contributed by atoms with van der Waals surface area (Å²) in [5, 5.41) is 7.12. The van der Waals surface area contributed by atoms with Crippen LogP contribution in [-0.2, 0) is 0 Å². The standard InChI is InChI=1S/C23H18N4O/c28-23(19-9-12-22(13-10-19)27-16-4-15-25-27)26-21-7-3-5-18(17-21)8-11-20-6-1-2-14-24-20/h1-17H,(H,26,28). The summed E-state index contributed by atoms with van der Waals surface area (Å²) in [5.41, 5.74) is 4.10. The summed E-state index contributed by atoms with van der Waals surface area (Å²) in [6.07, 6.45) is 9.24. The number of pyridine rings is 1. The third-order valence-corrected chi connectivity index (χ3v) is 4.18. The van der Waals surface area contributed by atoms with E-state index in [4.69, 9.17) is 0 Å². The van der Waals surface area contributed by atoms with E-state index in [0.717, 1.165) is 22.6 Å². The minimum absolute atomic E-state index is 0.155. The van der Waals surface area contributed by atoms with Gasteiger partial charge in [-0.05, 0) is 66.2 Å². The van der Waals surface area contributed by atoms with Gasteiger partial charge in [0.15, 0.2) is 0 Å². The Morgan fingerprint density at radius 1 is 0.893 bits per heavy atom. The first-order valence-corrected chi connectivity index (χ1v) is 8.88. The highest BCUT2D eigenvalue weighted by Crippen LogP contribution is 2.15. The summed E-state index contributed by atoms with van der Waals surface area (Å²) in [5.74, 6) is -0.155. The zero-order valence-electron chi connectivity index (χ0n) is 15.1. The van der Waals surface area contributed by atoms with Crippen molar-refractivity contribution in [3.63, 3.8) is 0 Å². The SMILES string of the molecule is O=C(Nc1cccc(C=Cc2ccccn2)c1)c1ccc(-n2cccn2)cc1. The van der Waals surface area contributed by atoms with Gasteiger partial charge in [-0.3, -0.25) is 9.78 Å². The third kappa shape index (κ3) is 4.22. The van der Waals surface area contributed by atoms with Crippen LogP contribution in [0.5, 0.6) is 0 Å². The second-order valence-corrected chi connectivity index (χ2v) is 6.17. The molecule has 0 bridgehead atoms. The van der Waals surface area contributed by atoms with E-state index in [2.05, 4.69) is 15.4 Å². The number of hydrogen-bond acceptors (Lipinski definition) is 3. The van der Waals surface area contributed by atoms with Gasteiger partial charge < -0.3 is 5.32 Å². The lowest BCUT2D eigenvalue weighted by molar-refractivity contribution is 0.102. The third-order valence-electron chi connectivity index (χ3n) is 4.18. The Kier molecular flexibility index (Phi) is 5.06. The molecule has 0 aliphatic carbocycles. The van der Waals surface area contributed by atoms with Crippen molar-refractivity contribution in [2.75, 3.05) is 5.32 Å². The number of carbonyl (C=O) groups excluding carboxylic acids is 1. The van der Waals surface area contributed by atoms with Crippen LogP contribution in [-0.4, -0.2) is 20.7 Å². The van der Waals surface area contributed by atoms with E-state index in [9.17, 15) is 4.79 Å². The molecule has 2 aromatic heterocycles. The number of hydrogen-bond donors (Lipinski definition) is 1. The second kappa shape index (κ2) is 8.14. The molecule has 4 aromatic rings. The van der Waals surface area contributed by atoms with Crippen LogP contribution in [0.3, 0.4) is 0 Å². The Bertz CT molecular complexity index is 1090. The maximum atomic E-state index is 12.5. The van der Waals surface area contributed by atoms with Crippen molar-refractivity contribution in [1.29, 1.82) is 0 Å². The van der Waals surface area contributed by atoms with Gasteiger partial charge in [-0.2, -0.15) is 5.10 Å². The van der Waals surface area contributed by atoms with Crippen LogP contribution in [0.4, 0.5) is 5.69 Å². The van der Waals surface area contributed by atoms with Crippen molar-refractivity contribution in [3.05, 3.63) is 108 Å². The molecule has 5 heteroatoms. The largest absolute Gasteiger partial charge is 0.322 e. The lowest BCUT2D eigenvalue weighted by Gasteiger charge is -2.07. The van der Waals surface area contributed by atoms with E-state index in [-0.39, 0.29) is 5.91 Å². The van der Waals surface area contributed by atoms with E-state index in [1.165, 1.54) is 0 Å². The number of amides is 1. The normalized spacial score (nSPS) is 10.9. The molecule has 0 atom stereocenters. The lowest BCUT2D eigenvalue weighted by atomic mass is 10.1. The molecule has 5 nitrogen and oxygen atoms in total. The molecule has 0 spiro atoms. The van der Waals surface area contributed by atoms with Crippen molar-refractivity contribution in [3.8, 4) is 5.69 Å². The van der Waals surface area contributed by atoms with Crippen LogP contribution in [0.2, 0.25) is 0 Å². The summed E-state index contributed by atoms with van der Waals surface area (Å²) in [4.78, 5) is 16.8. The molecule has 0 saturated carbocycles. The molecule has 0 aliphatic rings. The topological polar surface area (TPSA) is 59.8 Å². The van der Waals surface area contributed by atoms with Gasteiger partial charge >= 0.3 is 0 Å². The van der Waals surface area contributed by atoms with Crippen LogP contribution < -0.4 is 5.32 Å². The molecule has 0 aliphatic heterocycles.